The Morgan fingerprint density at radius 1 is 1.23 bits per heavy atom. The summed E-state index contributed by atoms with van der Waals surface area (Å²) in [6.45, 7) is 11.4. The molecule has 0 saturated carbocycles. The SMILES string of the molecule is CCN(CC)CCSc1nnc(NC(=O)c2ccc(OC(C)C)cc2)s1. The second kappa shape index (κ2) is 10.5. The lowest BCUT2D eigenvalue weighted by Crippen LogP contribution is -2.25. The number of anilines is 1. The van der Waals surface area contributed by atoms with Gasteiger partial charge in [0, 0.05) is 17.9 Å². The van der Waals surface area contributed by atoms with Gasteiger partial charge in [0.15, 0.2) is 4.34 Å². The maximum Gasteiger partial charge on any atom is 0.257 e. The van der Waals surface area contributed by atoms with Crippen molar-refractivity contribution in [1.82, 2.24) is 15.1 Å². The van der Waals surface area contributed by atoms with Crippen molar-refractivity contribution < 1.29 is 9.53 Å². The van der Waals surface area contributed by atoms with E-state index in [1.54, 1.807) is 36.0 Å². The van der Waals surface area contributed by atoms with Crippen molar-refractivity contribution in [3.63, 3.8) is 0 Å². The molecule has 6 nitrogen and oxygen atoms in total. The first kappa shape index (κ1) is 20.7. The summed E-state index contributed by atoms with van der Waals surface area (Å²) in [6.07, 6.45) is 0.105. The van der Waals surface area contributed by atoms with Crippen molar-refractivity contribution in [1.29, 1.82) is 0 Å². The van der Waals surface area contributed by atoms with Gasteiger partial charge in [0.1, 0.15) is 5.75 Å². The van der Waals surface area contributed by atoms with E-state index in [1.807, 2.05) is 13.8 Å². The van der Waals surface area contributed by atoms with E-state index in [0.717, 1.165) is 35.5 Å². The van der Waals surface area contributed by atoms with Crippen molar-refractivity contribution in [3.8, 4) is 5.75 Å². The minimum absolute atomic E-state index is 0.105. The molecule has 1 aromatic carbocycles. The summed E-state index contributed by atoms with van der Waals surface area (Å²) in [5.41, 5.74) is 0.562. The molecule has 0 bridgehead atoms. The van der Waals surface area contributed by atoms with Gasteiger partial charge in [-0.1, -0.05) is 36.9 Å². The number of thioether (sulfide) groups is 1. The number of aromatic nitrogens is 2. The van der Waals surface area contributed by atoms with Crippen LogP contribution in [0.1, 0.15) is 38.1 Å². The fourth-order valence-corrected chi connectivity index (χ4v) is 4.06. The van der Waals surface area contributed by atoms with E-state index in [4.69, 9.17) is 4.74 Å². The van der Waals surface area contributed by atoms with Gasteiger partial charge in [0.25, 0.3) is 5.91 Å². The normalized spacial score (nSPS) is 11.2. The van der Waals surface area contributed by atoms with Gasteiger partial charge in [-0.15, -0.1) is 10.2 Å². The van der Waals surface area contributed by atoms with Crippen molar-refractivity contribution >= 4 is 34.1 Å². The molecule has 0 aliphatic carbocycles. The summed E-state index contributed by atoms with van der Waals surface area (Å²) in [7, 11) is 0. The Kier molecular flexibility index (Phi) is 8.34. The number of carbonyl (C=O) groups excluding carboxylic acids is 1. The number of hydrogen-bond acceptors (Lipinski definition) is 7. The Morgan fingerprint density at radius 2 is 1.92 bits per heavy atom. The maximum absolute atomic E-state index is 12.3. The van der Waals surface area contributed by atoms with E-state index in [1.165, 1.54) is 11.3 Å². The summed E-state index contributed by atoms with van der Waals surface area (Å²) in [6, 6.07) is 7.08. The third-order valence-corrected chi connectivity index (χ3v) is 5.59. The molecule has 0 unspecified atom stereocenters. The predicted molar refractivity (Wildman–Crippen MR) is 109 cm³/mol. The van der Waals surface area contributed by atoms with Crippen LogP contribution in [-0.2, 0) is 0 Å². The third kappa shape index (κ3) is 6.59. The molecule has 0 spiro atoms. The molecular weight excluding hydrogens is 368 g/mol. The zero-order valence-corrected chi connectivity index (χ0v) is 17.3. The van der Waals surface area contributed by atoms with Crippen molar-refractivity contribution in [2.75, 3.05) is 30.7 Å². The van der Waals surface area contributed by atoms with Gasteiger partial charge in [-0.25, -0.2) is 0 Å². The number of nitrogens with zero attached hydrogens (tertiary/aromatic N) is 3. The highest BCUT2D eigenvalue weighted by atomic mass is 32.2. The molecule has 1 amide bonds. The summed E-state index contributed by atoms with van der Waals surface area (Å²) >= 11 is 3.07. The monoisotopic (exact) mass is 394 g/mol. The van der Waals surface area contributed by atoms with E-state index < -0.39 is 0 Å². The highest BCUT2D eigenvalue weighted by Gasteiger charge is 2.11. The van der Waals surface area contributed by atoms with Crippen LogP contribution < -0.4 is 10.1 Å². The van der Waals surface area contributed by atoms with Crippen LogP contribution in [0.15, 0.2) is 28.6 Å². The molecule has 0 radical (unpaired) electrons. The van der Waals surface area contributed by atoms with E-state index in [-0.39, 0.29) is 12.0 Å². The molecule has 2 rings (SSSR count). The Bertz CT molecular complexity index is 685. The zero-order chi connectivity index (χ0) is 18.9. The van der Waals surface area contributed by atoms with Crippen molar-refractivity contribution in [3.05, 3.63) is 29.8 Å². The highest BCUT2D eigenvalue weighted by molar-refractivity contribution is 8.01. The Morgan fingerprint density at radius 3 is 2.54 bits per heavy atom. The average Bonchev–Trinajstić information content (AvgIpc) is 3.06. The molecule has 0 aliphatic rings. The molecule has 1 N–H and O–H groups in total. The van der Waals surface area contributed by atoms with Crippen LogP contribution in [0.3, 0.4) is 0 Å². The molecule has 0 atom stereocenters. The van der Waals surface area contributed by atoms with E-state index in [0.29, 0.717) is 10.7 Å². The number of ether oxygens (including phenoxy) is 1. The summed E-state index contributed by atoms with van der Waals surface area (Å²) in [4.78, 5) is 14.7. The molecule has 142 valence electrons. The molecule has 0 aliphatic heterocycles. The lowest BCUT2D eigenvalue weighted by atomic mass is 10.2. The highest BCUT2D eigenvalue weighted by Crippen LogP contribution is 2.26. The second-order valence-corrected chi connectivity index (χ2v) is 8.21. The molecule has 2 aromatic rings. The second-order valence-electron chi connectivity index (χ2n) is 5.89. The topological polar surface area (TPSA) is 67.4 Å². The van der Waals surface area contributed by atoms with Crippen molar-refractivity contribution in [2.45, 2.75) is 38.1 Å². The van der Waals surface area contributed by atoms with Crippen LogP contribution in [0.2, 0.25) is 0 Å². The third-order valence-electron chi connectivity index (χ3n) is 3.64. The minimum Gasteiger partial charge on any atom is -0.491 e. The van der Waals surface area contributed by atoms with Crippen molar-refractivity contribution in [2.24, 2.45) is 0 Å². The van der Waals surface area contributed by atoms with Gasteiger partial charge in [-0.05, 0) is 51.2 Å². The van der Waals surface area contributed by atoms with Crippen LogP contribution >= 0.6 is 23.1 Å². The van der Waals surface area contributed by atoms with Crippen LogP contribution in [-0.4, -0.2) is 52.5 Å². The maximum atomic E-state index is 12.3. The van der Waals surface area contributed by atoms with Crippen LogP contribution in [0.4, 0.5) is 5.13 Å². The number of nitrogens with one attached hydrogen (secondary N) is 1. The summed E-state index contributed by atoms with van der Waals surface area (Å²) in [5, 5.41) is 11.5. The molecular formula is C18H26N4O2S2. The lowest BCUT2D eigenvalue weighted by Gasteiger charge is -2.16. The van der Waals surface area contributed by atoms with E-state index >= 15 is 0 Å². The fraction of sp³-hybridized carbons (Fsp3) is 0.500. The minimum atomic E-state index is -0.197. The molecule has 0 fully saturated rings. The molecule has 8 heteroatoms. The summed E-state index contributed by atoms with van der Waals surface area (Å²) < 4.78 is 6.45. The lowest BCUT2D eigenvalue weighted by molar-refractivity contribution is 0.102. The van der Waals surface area contributed by atoms with Gasteiger partial charge in [-0.2, -0.15) is 0 Å². The molecule has 26 heavy (non-hydrogen) atoms. The number of amides is 1. The number of carbonyl (C=O) groups is 1. The number of hydrogen-bond donors (Lipinski definition) is 1. The van der Waals surface area contributed by atoms with Crippen LogP contribution in [0.5, 0.6) is 5.75 Å². The number of rotatable bonds is 10. The predicted octanol–water partition coefficient (Wildman–Crippen LogP) is 4.01. The van der Waals surface area contributed by atoms with Gasteiger partial charge in [-0.3, -0.25) is 10.1 Å². The van der Waals surface area contributed by atoms with Crippen LogP contribution in [0.25, 0.3) is 0 Å². The number of benzene rings is 1. The summed E-state index contributed by atoms with van der Waals surface area (Å²) in [5.74, 6) is 1.51. The standard InChI is InChI=1S/C18H26N4O2S2/c1-5-22(6-2)11-12-25-18-21-20-17(26-18)19-16(23)14-7-9-15(10-8-14)24-13(3)4/h7-10,13H,5-6,11-12H2,1-4H3,(H,19,20,23). The fourth-order valence-electron chi connectivity index (χ4n) is 2.25. The van der Waals surface area contributed by atoms with Gasteiger partial charge in [0.2, 0.25) is 5.13 Å². The van der Waals surface area contributed by atoms with Gasteiger partial charge < -0.3 is 9.64 Å². The van der Waals surface area contributed by atoms with Gasteiger partial charge in [0.05, 0.1) is 6.10 Å². The van der Waals surface area contributed by atoms with Gasteiger partial charge >= 0.3 is 0 Å². The van der Waals surface area contributed by atoms with Crippen LogP contribution in [0, 0.1) is 0 Å². The van der Waals surface area contributed by atoms with E-state index in [9.17, 15) is 4.79 Å². The first-order chi connectivity index (χ1) is 12.5. The Labute approximate surface area is 163 Å². The quantitative estimate of drug-likeness (QED) is 0.485. The first-order valence-corrected chi connectivity index (χ1v) is 10.6. The average molecular weight is 395 g/mol. The smallest absolute Gasteiger partial charge is 0.257 e. The molecule has 1 heterocycles. The molecule has 1 aromatic heterocycles. The Hall–Kier alpha value is -1.64. The molecule has 0 saturated heterocycles. The first-order valence-electron chi connectivity index (χ1n) is 8.78. The Balaban J connectivity index is 1.85. The zero-order valence-electron chi connectivity index (χ0n) is 15.7. The van der Waals surface area contributed by atoms with E-state index in [2.05, 4.69) is 34.3 Å². The largest absolute Gasteiger partial charge is 0.491 e.